The molecule has 23 heavy (non-hydrogen) atoms. The van der Waals surface area contributed by atoms with E-state index in [-0.39, 0.29) is 5.91 Å². The Morgan fingerprint density at radius 3 is 2.57 bits per heavy atom. The number of quaternary nitrogens is 2. The van der Waals surface area contributed by atoms with Crippen LogP contribution in [0.1, 0.15) is 32.1 Å². The van der Waals surface area contributed by atoms with Gasteiger partial charge in [0.15, 0.2) is 6.54 Å². The largest absolute Gasteiger partial charge is 0.333 e. The molecule has 2 rings (SSSR count). The second-order valence-corrected chi connectivity index (χ2v) is 7.55. The molecule has 4 nitrogen and oxygen atoms in total. The standard InChI is InChI=1S/C17H25Cl2N3O/c1-22(2)17(8-4-3-5-9-17)12-20-11-16(23)21-15-7-6-13(18)10-14(15)19/h6-7,10,20H,3-5,8-9,11-12H2,1-2H3,(H,21,23)/p+2. The summed E-state index contributed by atoms with van der Waals surface area (Å²) in [5.41, 5.74) is 0.913. The molecule has 128 valence electrons. The third-order valence-electron chi connectivity index (χ3n) is 4.94. The Balaban J connectivity index is 1.84. The van der Waals surface area contributed by atoms with Gasteiger partial charge < -0.3 is 15.5 Å². The molecule has 1 fully saturated rings. The summed E-state index contributed by atoms with van der Waals surface area (Å²) >= 11 is 11.9. The van der Waals surface area contributed by atoms with Crippen molar-refractivity contribution in [3.05, 3.63) is 28.2 Å². The van der Waals surface area contributed by atoms with E-state index in [4.69, 9.17) is 23.2 Å². The SMILES string of the molecule is C[NH+](C)C1(C[NH2+]CC(=O)Nc2ccc(Cl)cc2Cl)CCCCC1. The molecule has 0 aromatic heterocycles. The second kappa shape index (κ2) is 8.34. The Labute approximate surface area is 148 Å². The smallest absolute Gasteiger partial charge is 0.279 e. The fraction of sp³-hybridized carbons (Fsp3) is 0.588. The van der Waals surface area contributed by atoms with E-state index in [1.54, 1.807) is 18.2 Å². The van der Waals surface area contributed by atoms with Crippen molar-refractivity contribution in [2.75, 3.05) is 32.5 Å². The first-order chi connectivity index (χ1) is 10.9. The number of nitrogens with one attached hydrogen (secondary N) is 2. The molecule has 0 spiro atoms. The number of benzene rings is 1. The number of halogens is 2. The molecular weight excluding hydrogens is 333 g/mol. The summed E-state index contributed by atoms with van der Waals surface area (Å²) in [6, 6.07) is 5.09. The van der Waals surface area contributed by atoms with Gasteiger partial charge in [-0.3, -0.25) is 4.79 Å². The van der Waals surface area contributed by atoms with Crippen LogP contribution in [0.2, 0.25) is 10.0 Å². The van der Waals surface area contributed by atoms with Crippen LogP contribution in [0.4, 0.5) is 5.69 Å². The predicted octanol–water partition coefficient (Wildman–Crippen LogP) is 1.34. The van der Waals surface area contributed by atoms with Crippen LogP contribution in [-0.2, 0) is 4.79 Å². The maximum Gasteiger partial charge on any atom is 0.279 e. The Morgan fingerprint density at radius 1 is 1.26 bits per heavy atom. The maximum absolute atomic E-state index is 12.1. The summed E-state index contributed by atoms with van der Waals surface area (Å²) in [5.74, 6) is -0.0334. The summed E-state index contributed by atoms with van der Waals surface area (Å²) in [4.78, 5) is 13.6. The van der Waals surface area contributed by atoms with Crippen LogP contribution in [0, 0.1) is 0 Å². The van der Waals surface area contributed by atoms with Crippen molar-refractivity contribution in [3.63, 3.8) is 0 Å². The van der Waals surface area contributed by atoms with Gasteiger partial charge in [0.2, 0.25) is 0 Å². The normalized spacial score (nSPS) is 17.3. The molecule has 0 heterocycles. The van der Waals surface area contributed by atoms with Gasteiger partial charge in [-0.25, -0.2) is 0 Å². The first-order valence-corrected chi connectivity index (χ1v) is 9.06. The van der Waals surface area contributed by atoms with Crippen molar-refractivity contribution in [2.45, 2.75) is 37.6 Å². The van der Waals surface area contributed by atoms with E-state index in [1.165, 1.54) is 37.0 Å². The van der Waals surface area contributed by atoms with Gasteiger partial charge in [0.25, 0.3) is 5.91 Å². The molecule has 0 saturated heterocycles. The first kappa shape index (κ1) is 18.5. The number of rotatable bonds is 6. The highest BCUT2D eigenvalue weighted by atomic mass is 35.5. The summed E-state index contributed by atoms with van der Waals surface area (Å²) in [6.45, 7) is 1.39. The number of carbonyl (C=O) groups is 1. The number of amides is 1. The molecule has 1 amide bonds. The molecule has 0 radical (unpaired) electrons. The topological polar surface area (TPSA) is 50.2 Å². The van der Waals surface area contributed by atoms with Crippen LogP contribution >= 0.6 is 23.2 Å². The van der Waals surface area contributed by atoms with Gasteiger partial charge >= 0.3 is 0 Å². The Kier molecular flexibility index (Phi) is 6.72. The highest BCUT2D eigenvalue weighted by molar-refractivity contribution is 6.36. The summed E-state index contributed by atoms with van der Waals surface area (Å²) in [5, 5.41) is 6.00. The van der Waals surface area contributed by atoms with Crippen molar-refractivity contribution in [2.24, 2.45) is 0 Å². The molecule has 0 aliphatic heterocycles. The van der Waals surface area contributed by atoms with Gasteiger partial charge in [0.05, 0.1) is 24.8 Å². The zero-order valence-corrected chi connectivity index (χ0v) is 15.4. The van der Waals surface area contributed by atoms with Crippen LogP contribution in [0.3, 0.4) is 0 Å². The molecule has 1 aromatic rings. The van der Waals surface area contributed by atoms with Crippen LogP contribution in [0.25, 0.3) is 0 Å². The Bertz CT molecular complexity index is 543. The molecule has 0 bridgehead atoms. The van der Waals surface area contributed by atoms with Gasteiger partial charge in [0, 0.05) is 17.9 Å². The second-order valence-electron chi connectivity index (χ2n) is 6.71. The van der Waals surface area contributed by atoms with Crippen molar-refractivity contribution in [3.8, 4) is 0 Å². The summed E-state index contributed by atoms with van der Waals surface area (Å²) < 4.78 is 0. The van der Waals surface area contributed by atoms with E-state index >= 15 is 0 Å². The quantitative estimate of drug-likeness (QED) is 0.705. The molecule has 1 aromatic carbocycles. The fourth-order valence-corrected chi connectivity index (χ4v) is 3.86. The third kappa shape index (κ3) is 5.08. The highest BCUT2D eigenvalue weighted by Crippen LogP contribution is 2.25. The average molecular weight is 360 g/mol. The number of hydrogen-bond acceptors (Lipinski definition) is 1. The minimum absolute atomic E-state index is 0.0334. The van der Waals surface area contributed by atoms with E-state index in [0.29, 0.717) is 27.8 Å². The number of likely N-dealkylation sites (N-methyl/N-ethyl adjacent to an activating group) is 1. The minimum atomic E-state index is -0.0334. The maximum atomic E-state index is 12.1. The molecule has 0 unspecified atom stereocenters. The zero-order valence-electron chi connectivity index (χ0n) is 13.9. The Hall–Kier alpha value is -0.810. The predicted molar refractivity (Wildman–Crippen MR) is 95.4 cm³/mol. The number of carbonyl (C=O) groups excluding carboxylic acids is 1. The summed E-state index contributed by atoms with van der Waals surface area (Å²) in [6.07, 6.45) is 6.43. The van der Waals surface area contributed by atoms with Crippen molar-refractivity contribution >= 4 is 34.8 Å². The van der Waals surface area contributed by atoms with E-state index in [1.807, 2.05) is 0 Å². The zero-order chi connectivity index (χ0) is 16.9. The van der Waals surface area contributed by atoms with E-state index in [0.717, 1.165) is 6.54 Å². The molecule has 1 saturated carbocycles. The van der Waals surface area contributed by atoms with Crippen LogP contribution < -0.4 is 15.5 Å². The van der Waals surface area contributed by atoms with Gasteiger partial charge in [-0.05, 0) is 31.0 Å². The molecular formula is C17H27Cl2N3O+2. The van der Waals surface area contributed by atoms with E-state index < -0.39 is 0 Å². The van der Waals surface area contributed by atoms with E-state index in [9.17, 15) is 4.79 Å². The van der Waals surface area contributed by atoms with Crippen molar-refractivity contribution < 1.29 is 15.0 Å². The lowest BCUT2D eigenvalue weighted by Gasteiger charge is -2.38. The van der Waals surface area contributed by atoms with E-state index in [2.05, 4.69) is 24.7 Å². The molecule has 1 aliphatic rings. The highest BCUT2D eigenvalue weighted by Gasteiger charge is 2.39. The Morgan fingerprint density at radius 2 is 1.96 bits per heavy atom. The lowest BCUT2D eigenvalue weighted by molar-refractivity contribution is -0.934. The average Bonchev–Trinajstić information content (AvgIpc) is 2.51. The van der Waals surface area contributed by atoms with Crippen molar-refractivity contribution in [1.82, 2.24) is 0 Å². The number of anilines is 1. The lowest BCUT2D eigenvalue weighted by Crippen LogP contribution is -3.19. The lowest BCUT2D eigenvalue weighted by atomic mass is 9.80. The van der Waals surface area contributed by atoms with Gasteiger partial charge in [-0.15, -0.1) is 0 Å². The number of hydrogen-bond donors (Lipinski definition) is 3. The third-order valence-corrected chi connectivity index (χ3v) is 5.49. The van der Waals surface area contributed by atoms with Gasteiger partial charge in [-0.2, -0.15) is 0 Å². The van der Waals surface area contributed by atoms with Crippen LogP contribution in [0.15, 0.2) is 18.2 Å². The van der Waals surface area contributed by atoms with Crippen LogP contribution in [-0.4, -0.2) is 38.6 Å². The van der Waals surface area contributed by atoms with Gasteiger partial charge in [-0.1, -0.05) is 29.6 Å². The first-order valence-electron chi connectivity index (χ1n) is 8.30. The molecule has 4 N–H and O–H groups in total. The molecule has 0 atom stereocenters. The summed E-state index contributed by atoms with van der Waals surface area (Å²) in [7, 11) is 4.46. The van der Waals surface area contributed by atoms with Crippen molar-refractivity contribution in [1.29, 1.82) is 0 Å². The van der Waals surface area contributed by atoms with Gasteiger partial charge in [0.1, 0.15) is 12.1 Å². The number of nitrogens with two attached hydrogens (primary N) is 1. The molecule has 1 aliphatic carbocycles. The van der Waals surface area contributed by atoms with Crippen LogP contribution in [0.5, 0.6) is 0 Å². The minimum Gasteiger partial charge on any atom is -0.333 e. The fourth-order valence-electron chi connectivity index (χ4n) is 3.41. The monoisotopic (exact) mass is 359 g/mol. The molecule has 6 heteroatoms.